The molecule has 1 heterocycles. The monoisotopic (exact) mass is 329 g/mol. The van der Waals surface area contributed by atoms with Crippen LogP contribution in [-0.4, -0.2) is 42.5 Å². The first-order valence-corrected chi connectivity index (χ1v) is 8.22. The zero-order valence-electron chi connectivity index (χ0n) is 14.0. The number of carbonyl (C=O) groups excluding carboxylic acids is 1. The third kappa shape index (κ3) is 6.87. The Balaban J connectivity index is 1.57. The van der Waals surface area contributed by atoms with Crippen LogP contribution in [0.25, 0.3) is 0 Å². The molecule has 5 heteroatoms. The Morgan fingerprint density at radius 2 is 1.71 bits per heavy atom. The van der Waals surface area contributed by atoms with Gasteiger partial charge in [0.25, 0.3) is 0 Å². The Hall–Kier alpha value is -2.27. The molecule has 0 saturated carbocycles. The van der Waals surface area contributed by atoms with Crippen molar-refractivity contribution in [2.45, 2.75) is 19.3 Å². The molecule has 0 aliphatic rings. The lowest BCUT2D eigenvalue weighted by Crippen LogP contribution is -2.31. The van der Waals surface area contributed by atoms with Gasteiger partial charge < -0.3 is 10.2 Å². The van der Waals surface area contributed by atoms with E-state index in [1.54, 1.807) is 24.5 Å². The summed E-state index contributed by atoms with van der Waals surface area (Å²) < 4.78 is 12.8. The van der Waals surface area contributed by atoms with E-state index in [1.165, 1.54) is 17.7 Å². The number of nitrogens with zero attached hydrogens (tertiary/aromatic N) is 2. The van der Waals surface area contributed by atoms with Gasteiger partial charge in [0.1, 0.15) is 5.82 Å². The lowest BCUT2D eigenvalue weighted by molar-refractivity contribution is -0.121. The highest BCUT2D eigenvalue weighted by molar-refractivity contribution is 5.76. The maximum atomic E-state index is 12.8. The molecule has 0 unspecified atom stereocenters. The Labute approximate surface area is 142 Å². The van der Waals surface area contributed by atoms with Crippen molar-refractivity contribution in [3.63, 3.8) is 0 Å². The van der Waals surface area contributed by atoms with Gasteiger partial charge in [0.15, 0.2) is 0 Å². The summed E-state index contributed by atoms with van der Waals surface area (Å²) in [5, 5.41) is 2.91. The molecule has 2 rings (SSSR count). The Kier molecular flexibility index (Phi) is 7.36. The highest BCUT2D eigenvalue weighted by Gasteiger charge is 2.05. The molecule has 1 amide bonds. The standard InChI is InChI=1S/C19H24FN3O/c1-23(14-9-17-6-11-21-12-7-17)15-10-19(24)22-13-8-16-2-4-18(20)5-3-16/h2-7,11-12H,8-10,13-15H2,1H3,(H,22,24). The van der Waals surface area contributed by atoms with E-state index in [0.29, 0.717) is 19.4 Å². The summed E-state index contributed by atoms with van der Waals surface area (Å²) in [4.78, 5) is 18.0. The number of halogens is 1. The van der Waals surface area contributed by atoms with Crippen LogP contribution in [0.1, 0.15) is 17.5 Å². The zero-order chi connectivity index (χ0) is 17.2. The van der Waals surface area contributed by atoms with Crippen LogP contribution in [0, 0.1) is 5.82 Å². The van der Waals surface area contributed by atoms with Gasteiger partial charge in [-0.1, -0.05) is 12.1 Å². The van der Waals surface area contributed by atoms with E-state index < -0.39 is 0 Å². The van der Waals surface area contributed by atoms with Crippen LogP contribution < -0.4 is 5.32 Å². The van der Waals surface area contributed by atoms with Gasteiger partial charge in [-0.15, -0.1) is 0 Å². The maximum absolute atomic E-state index is 12.8. The minimum atomic E-state index is -0.238. The zero-order valence-corrected chi connectivity index (χ0v) is 14.0. The van der Waals surface area contributed by atoms with Crippen molar-refractivity contribution in [3.8, 4) is 0 Å². The number of rotatable bonds is 9. The van der Waals surface area contributed by atoms with Crippen molar-refractivity contribution in [3.05, 3.63) is 65.7 Å². The largest absolute Gasteiger partial charge is 0.356 e. The first-order chi connectivity index (χ1) is 11.6. The summed E-state index contributed by atoms with van der Waals surface area (Å²) >= 11 is 0. The second-order valence-electron chi connectivity index (χ2n) is 5.89. The summed E-state index contributed by atoms with van der Waals surface area (Å²) in [6, 6.07) is 10.4. The van der Waals surface area contributed by atoms with Crippen LogP contribution >= 0.6 is 0 Å². The molecule has 2 aromatic rings. The van der Waals surface area contributed by atoms with Gasteiger partial charge in [0.05, 0.1) is 0 Å². The van der Waals surface area contributed by atoms with E-state index in [0.717, 1.165) is 25.1 Å². The summed E-state index contributed by atoms with van der Waals surface area (Å²) in [5.41, 5.74) is 2.27. The predicted octanol–water partition coefficient (Wildman–Crippen LogP) is 2.44. The van der Waals surface area contributed by atoms with E-state index in [2.05, 4.69) is 15.2 Å². The summed E-state index contributed by atoms with van der Waals surface area (Å²) in [5.74, 6) is -0.189. The van der Waals surface area contributed by atoms with Crippen molar-refractivity contribution in [2.75, 3.05) is 26.7 Å². The average Bonchev–Trinajstić information content (AvgIpc) is 2.61. The number of carbonyl (C=O) groups is 1. The smallest absolute Gasteiger partial charge is 0.221 e. The fourth-order valence-electron chi connectivity index (χ4n) is 2.36. The fraction of sp³-hybridized carbons (Fsp3) is 0.368. The SMILES string of the molecule is CN(CCC(=O)NCCc1ccc(F)cc1)CCc1ccncc1. The average molecular weight is 329 g/mol. The number of benzene rings is 1. The van der Waals surface area contributed by atoms with Crippen LogP contribution in [0.2, 0.25) is 0 Å². The van der Waals surface area contributed by atoms with Gasteiger partial charge in [0, 0.05) is 38.4 Å². The molecule has 0 saturated heterocycles. The fourth-order valence-corrected chi connectivity index (χ4v) is 2.36. The minimum absolute atomic E-state index is 0.0490. The first kappa shape index (κ1) is 18.1. The molecule has 24 heavy (non-hydrogen) atoms. The molecule has 1 N–H and O–H groups in total. The molecule has 1 aromatic heterocycles. The molecular formula is C19H24FN3O. The van der Waals surface area contributed by atoms with Crippen molar-refractivity contribution in [2.24, 2.45) is 0 Å². The maximum Gasteiger partial charge on any atom is 0.221 e. The van der Waals surface area contributed by atoms with Crippen LogP contribution in [-0.2, 0) is 17.6 Å². The van der Waals surface area contributed by atoms with E-state index >= 15 is 0 Å². The normalized spacial score (nSPS) is 10.8. The first-order valence-electron chi connectivity index (χ1n) is 8.22. The molecule has 1 aromatic carbocycles. The van der Waals surface area contributed by atoms with E-state index in [9.17, 15) is 9.18 Å². The number of nitrogens with one attached hydrogen (secondary N) is 1. The van der Waals surface area contributed by atoms with Crippen molar-refractivity contribution < 1.29 is 9.18 Å². The number of hydrogen-bond acceptors (Lipinski definition) is 3. The number of amides is 1. The van der Waals surface area contributed by atoms with Gasteiger partial charge in [-0.2, -0.15) is 0 Å². The summed E-state index contributed by atoms with van der Waals surface area (Å²) in [6.45, 7) is 2.21. The predicted molar refractivity (Wildman–Crippen MR) is 93.2 cm³/mol. The molecule has 0 spiro atoms. The lowest BCUT2D eigenvalue weighted by atomic mass is 10.1. The summed E-state index contributed by atoms with van der Waals surface area (Å²) in [6.07, 6.45) is 5.74. The van der Waals surface area contributed by atoms with Gasteiger partial charge >= 0.3 is 0 Å². The van der Waals surface area contributed by atoms with Crippen molar-refractivity contribution >= 4 is 5.91 Å². The lowest BCUT2D eigenvalue weighted by Gasteiger charge is -2.16. The van der Waals surface area contributed by atoms with E-state index in [1.807, 2.05) is 19.2 Å². The quantitative estimate of drug-likeness (QED) is 0.768. The third-order valence-electron chi connectivity index (χ3n) is 3.90. The Bertz CT molecular complexity index is 616. The molecule has 0 radical (unpaired) electrons. The van der Waals surface area contributed by atoms with Crippen LogP contribution in [0.3, 0.4) is 0 Å². The van der Waals surface area contributed by atoms with E-state index in [4.69, 9.17) is 0 Å². The second kappa shape index (κ2) is 9.78. The van der Waals surface area contributed by atoms with E-state index in [-0.39, 0.29) is 11.7 Å². The molecule has 128 valence electrons. The highest BCUT2D eigenvalue weighted by Crippen LogP contribution is 2.03. The Morgan fingerprint density at radius 1 is 1.04 bits per heavy atom. The topological polar surface area (TPSA) is 45.2 Å². The molecule has 0 atom stereocenters. The molecule has 0 aliphatic carbocycles. The van der Waals surface area contributed by atoms with Crippen molar-refractivity contribution in [1.82, 2.24) is 15.2 Å². The number of aromatic nitrogens is 1. The van der Waals surface area contributed by atoms with Crippen LogP contribution in [0.5, 0.6) is 0 Å². The van der Waals surface area contributed by atoms with Gasteiger partial charge in [0.2, 0.25) is 5.91 Å². The second-order valence-corrected chi connectivity index (χ2v) is 5.89. The molecule has 0 fully saturated rings. The number of pyridine rings is 1. The molecule has 0 aliphatic heterocycles. The van der Waals surface area contributed by atoms with Gasteiger partial charge in [-0.3, -0.25) is 9.78 Å². The van der Waals surface area contributed by atoms with Crippen LogP contribution in [0.15, 0.2) is 48.8 Å². The number of hydrogen-bond donors (Lipinski definition) is 1. The molecule has 0 bridgehead atoms. The number of likely N-dealkylation sites (N-methyl/N-ethyl adjacent to an activating group) is 1. The van der Waals surface area contributed by atoms with Gasteiger partial charge in [-0.25, -0.2) is 4.39 Å². The van der Waals surface area contributed by atoms with Crippen LogP contribution in [0.4, 0.5) is 4.39 Å². The Morgan fingerprint density at radius 3 is 2.42 bits per heavy atom. The minimum Gasteiger partial charge on any atom is -0.356 e. The summed E-state index contributed by atoms with van der Waals surface area (Å²) in [7, 11) is 2.02. The molecular weight excluding hydrogens is 305 g/mol. The van der Waals surface area contributed by atoms with Crippen molar-refractivity contribution in [1.29, 1.82) is 0 Å². The third-order valence-corrected chi connectivity index (χ3v) is 3.90. The highest BCUT2D eigenvalue weighted by atomic mass is 19.1. The van der Waals surface area contributed by atoms with Gasteiger partial charge in [-0.05, 0) is 55.3 Å². The molecule has 4 nitrogen and oxygen atoms in total.